The van der Waals surface area contributed by atoms with E-state index in [0.717, 1.165) is 31.7 Å². The van der Waals surface area contributed by atoms with Crippen LogP contribution >= 0.6 is 0 Å². The van der Waals surface area contributed by atoms with E-state index in [4.69, 9.17) is 9.47 Å². The van der Waals surface area contributed by atoms with E-state index in [1.165, 1.54) is 0 Å². The van der Waals surface area contributed by atoms with Gasteiger partial charge in [-0.05, 0) is 40.0 Å². The Hall–Kier alpha value is -1.92. The molecule has 1 aromatic heterocycles. The Kier molecular flexibility index (Phi) is 5.74. The number of rotatable bonds is 4. The van der Waals surface area contributed by atoms with Crippen molar-refractivity contribution in [3.8, 4) is 6.01 Å². The van der Waals surface area contributed by atoms with Crippen LogP contribution in [0.25, 0.3) is 0 Å². The van der Waals surface area contributed by atoms with Crippen LogP contribution in [-0.4, -0.2) is 45.8 Å². The Bertz CT molecular complexity index is 516. The van der Waals surface area contributed by atoms with Crippen molar-refractivity contribution in [1.82, 2.24) is 14.9 Å². The van der Waals surface area contributed by atoms with Crippen molar-refractivity contribution in [3.05, 3.63) is 18.2 Å². The molecule has 2 rings (SSSR count). The highest BCUT2D eigenvalue weighted by Gasteiger charge is 2.30. The molecular formula is C16H24FN3O3. The van der Waals surface area contributed by atoms with Gasteiger partial charge >= 0.3 is 12.1 Å². The van der Waals surface area contributed by atoms with Crippen LogP contribution in [0.1, 0.15) is 46.5 Å². The minimum Gasteiger partial charge on any atom is -0.463 e. The quantitative estimate of drug-likeness (QED) is 0.851. The lowest BCUT2D eigenvalue weighted by atomic mass is 10.0. The van der Waals surface area contributed by atoms with Gasteiger partial charge in [-0.15, -0.1) is 0 Å². The van der Waals surface area contributed by atoms with Gasteiger partial charge in [0.05, 0.1) is 19.0 Å². The molecule has 1 fully saturated rings. The first-order chi connectivity index (χ1) is 10.8. The van der Waals surface area contributed by atoms with Gasteiger partial charge < -0.3 is 14.4 Å². The summed E-state index contributed by atoms with van der Waals surface area (Å²) in [6, 6.07) is 0.227. The number of nitrogens with zero attached hydrogens (tertiary/aromatic N) is 3. The highest BCUT2D eigenvalue weighted by Crippen LogP contribution is 2.22. The van der Waals surface area contributed by atoms with Gasteiger partial charge in [0.25, 0.3) is 0 Å². The SMILES string of the molecule is CC(C)(C)OC(=O)N1CCCCC1CCOc1ncc(F)cn1. The van der Waals surface area contributed by atoms with E-state index in [0.29, 0.717) is 19.6 Å². The molecule has 1 amide bonds. The van der Waals surface area contributed by atoms with Crippen LogP contribution in [-0.2, 0) is 4.74 Å². The summed E-state index contributed by atoms with van der Waals surface area (Å²) < 4.78 is 23.6. The van der Waals surface area contributed by atoms with Gasteiger partial charge in [-0.25, -0.2) is 19.2 Å². The van der Waals surface area contributed by atoms with Crippen molar-refractivity contribution in [2.24, 2.45) is 0 Å². The average Bonchev–Trinajstić information content (AvgIpc) is 2.48. The zero-order valence-corrected chi connectivity index (χ0v) is 13.9. The summed E-state index contributed by atoms with van der Waals surface area (Å²) >= 11 is 0. The third-order valence-electron chi connectivity index (χ3n) is 3.53. The van der Waals surface area contributed by atoms with Crippen LogP contribution in [0.3, 0.4) is 0 Å². The van der Waals surface area contributed by atoms with E-state index in [1.54, 1.807) is 4.90 Å². The molecule has 6 nitrogen and oxygen atoms in total. The van der Waals surface area contributed by atoms with Crippen molar-refractivity contribution < 1.29 is 18.7 Å². The molecule has 0 aromatic carbocycles. The van der Waals surface area contributed by atoms with Crippen LogP contribution in [0.15, 0.2) is 12.4 Å². The Morgan fingerprint density at radius 2 is 2.04 bits per heavy atom. The van der Waals surface area contributed by atoms with E-state index in [9.17, 15) is 9.18 Å². The highest BCUT2D eigenvalue weighted by molar-refractivity contribution is 5.68. The number of carbonyl (C=O) groups is 1. The fourth-order valence-electron chi connectivity index (χ4n) is 2.52. The van der Waals surface area contributed by atoms with E-state index in [1.807, 2.05) is 20.8 Å². The van der Waals surface area contributed by atoms with Gasteiger partial charge in [-0.2, -0.15) is 0 Å². The van der Waals surface area contributed by atoms with Crippen molar-refractivity contribution in [3.63, 3.8) is 0 Å². The van der Waals surface area contributed by atoms with E-state index >= 15 is 0 Å². The third kappa shape index (κ3) is 5.65. The Labute approximate surface area is 136 Å². The molecule has 23 heavy (non-hydrogen) atoms. The van der Waals surface area contributed by atoms with Crippen LogP contribution in [0, 0.1) is 5.82 Å². The second-order valence-corrected chi connectivity index (χ2v) is 6.64. The number of ether oxygens (including phenoxy) is 2. The average molecular weight is 325 g/mol. The lowest BCUT2D eigenvalue weighted by Crippen LogP contribution is -2.46. The Balaban J connectivity index is 1.86. The second kappa shape index (κ2) is 7.57. The number of aromatic nitrogens is 2. The Morgan fingerprint density at radius 3 is 2.70 bits per heavy atom. The van der Waals surface area contributed by atoms with Crippen molar-refractivity contribution in [2.45, 2.75) is 58.1 Å². The molecule has 7 heteroatoms. The third-order valence-corrected chi connectivity index (χ3v) is 3.53. The molecule has 1 aliphatic heterocycles. The number of halogens is 1. The zero-order chi connectivity index (χ0) is 16.9. The molecule has 1 unspecified atom stereocenters. The fourth-order valence-corrected chi connectivity index (χ4v) is 2.52. The molecule has 1 saturated heterocycles. The van der Waals surface area contributed by atoms with E-state index in [-0.39, 0.29) is 18.1 Å². The molecule has 1 atom stereocenters. The van der Waals surface area contributed by atoms with Gasteiger partial charge in [-0.1, -0.05) is 0 Å². The highest BCUT2D eigenvalue weighted by atomic mass is 19.1. The minimum atomic E-state index is -0.502. The second-order valence-electron chi connectivity index (χ2n) is 6.64. The number of hydrogen-bond donors (Lipinski definition) is 0. The van der Waals surface area contributed by atoms with Crippen LogP contribution < -0.4 is 4.74 Å². The molecule has 0 N–H and O–H groups in total. The van der Waals surface area contributed by atoms with Gasteiger partial charge in [-0.3, -0.25) is 0 Å². The van der Waals surface area contributed by atoms with Gasteiger partial charge in [0.1, 0.15) is 5.60 Å². The summed E-state index contributed by atoms with van der Waals surface area (Å²) in [6.07, 6.45) is 5.51. The molecule has 0 radical (unpaired) electrons. The van der Waals surface area contributed by atoms with Gasteiger partial charge in [0.15, 0.2) is 5.82 Å². The summed E-state index contributed by atoms with van der Waals surface area (Å²) in [5, 5.41) is 0. The van der Waals surface area contributed by atoms with Crippen molar-refractivity contribution >= 4 is 6.09 Å². The first-order valence-corrected chi connectivity index (χ1v) is 7.95. The van der Waals surface area contributed by atoms with Crippen LogP contribution in [0.4, 0.5) is 9.18 Å². The molecule has 1 aliphatic rings. The molecule has 128 valence electrons. The predicted molar refractivity (Wildman–Crippen MR) is 82.7 cm³/mol. The molecule has 2 heterocycles. The zero-order valence-electron chi connectivity index (χ0n) is 13.9. The number of piperidine rings is 1. The number of amides is 1. The lowest BCUT2D eigenvalue weighted by Gasteiger charge is -2.36. The maximum Gasteiger partial charge on any atom is 0.410 e. The van der Waals surface area contributed by atoms with E-state index < -0.39 is 11.4 Å². The first-order valence-electron chi connectivity index (χ1n) is 7.95. The summed E-state index contributed by atoms with van der Waals surface area (Å²) in [5.74, 6) is -0.499. The first kappa shape index (κ1) is 17.4. The van der Waals surface area contributed by atoms with Crippen LogP contribution in [0.5, 0.6) is 6.01 Å². The maximum atomic E-state index is 12.7. The number of hydrogen-bond acceptors (Lipinski definition) is 5. The van der Waals surface area contributed by atoms with Gasteiger partial charge in [0.2, 0.25) is 0 Å². The Morgan fingerprint density at radius 1 is 1.35 bits per heavy atom. The molecule has 0 saturated carbocycles. The lowest BCUT2D eigenvalue weighted by molar-refractivity contribution is 0.00731. The molecular weight excluding hydrogens is 301 g/mol. The normalized spacial score (nSPS) is 18.6. The van der Waals surface area contributed by atoms with Crippen molar-refractivity contribution in [2.75, 3.05) is 13.2 Å². The van der Waals surface area contributed by atoms with Gasteiger partial charge in [0, 0.05) is 19.0 Å². The predicted octanol–water partition coefficient (Wildman–Crippen LogP) is 3.17. The monoisotopic (exact) mass is 325 g/mol. The maximum absolute atomic E-state index is 12.7. The standard InChI is InChI=1S/C16H24FN3O3/c1-16(2,3)23-15(21)20-8-5-4-6-13(20)7-9-22-14-18-10-12(17)11-19-14/h10-11,13H,4-9H2,1-3H3. The summed E-state index contributed by atoms with van der Waals surface area (Å²) in [6.45, 7) is 6.65. The molecule has 0 aliphatic carbocycles. The topological polar surface area (TPSA) is 64.5 Å². The fraction of sp³-hybridized carbons (Fsp3) is 0.688. The summed E-state index contributed by atoms with van der Waals surface area (Å²) in [4.78, 5) is 21.6. The molecule has 0 spiro atoms. The summed E-state index contributed by atoms with van der Waals surface area (Å²) in [7, 11) is 0. The van der Waals surface area contributed by atoms with Crippen LogP contribution in [0.2, 0.25) is 0 Å². The number of likely N-dealkylation sites (tertiary alicyclic amines) is 1. The van der Waals surface area contributed by atoms with E-state index in [2.05, 4.69) is 9.97 Å². The largest absolute Gasteiger partial charge is 0.463 e. The van der Waals surface area contributed by atoms with Crippen molar-refractivity contribution in [1.29, 1.82) is 0 Å². The smallest absolute Gasteiger partial charge is 0.410 e. The number of carbonyl (C=O) groups excluding carboxylic acids is 1. The molecule has 0 bridgehead atoms. The molecule has 1 aromatic rings. The summed E-state index contributed by atoms with van der Waals surface area (Å²) in [5.41, 5.74) is -0.502. The minimum absolute atomic E-state index is 0.0825.